The Morgan fingerprint density at radius 1 is 1.25 bits per heavy atom. The number of rotatable bonds is 9. The number of aliphatic carboxylic acids is 1. The van der Waals surface area contributed by atoms with Gasteiger partial charge in [-0.05, 0) is 30.0 Å². The number of carbonyl (C=O) groups excluding carboxylic acids is 1. The van der Waals surface area contributed by atoms with Crippen LogP contribution in [-0.4, -0.2) is 23.0 Å². The maximum Gasteiger partial charge on any atom is 0.326 e. The molecule has 1 aromatic heterocycles. The minimum Gasteiger partial charge on any atom is -0.480 e. The molecule has 24 heavy (non-hydrogen) atoms. The Kier molecular flexibility index (Phi) is 7.34. The van der Waals surface area contributed by atoms with E-state index in [0.717, 1.165) is 23.5 Å². The second-order valence-corrected chi connectivity index (χ2v) is 7.42. The van der Waals surface area contributed by atoms with Crippen LogP contribution in [-0.2, 0) is 10.5 Å². The molecule has 1 aromatic carbocycles. The maximum absolute atomic E-state index is 12.5. The first kappa shape index (κ1) is 18.5. The van der Waals surface area contributed by atoms with Crippen LogP contribution in [0.1, 0.15) is 41.4 Å². The first-order valence-electron chi connectivity index (χ1n) is 7.89. The lowest BCUT2D eigenvalue weighted by molar-refractivity contribution is -0.139. The summed E-state index contributed by atoms with van der Waals surface area (Å²) < 4.78 is 0. The summed E-state index contributed by atoms with van der Waals surface area (Å²) in [6, 6.07) is 10.5. The summed E-state index contributed by atoms with van der Waals surface area (Å²) in [5.41, 5.74) is 0.529. The van der Waals surface area contributed by atoms with Gasteiger partial charge in [0.05, 0.1) is 5.56 Å². The molecule has 0 spiro atoms. The van der Waals surface area contributed by atoms with Crippen molar-refractivity contribution in [2.24, 2.45) is 0 Å². The van der Waals surface area contributed by atoms with Gasteiger partial charge in [0.1, 0.15) is 6.04 Å². The summed E-state index contributed by atoms with van der Waals surface area (Å²) >= 11 is 3.27. The summed E-state index contributed by atoms with van der Waals surface area (Å²) in [5, 5.41) is 14.0. The predicted molar refractivity (Wildman–Crippen MR) is 98.7 cm³/mol. The van der Waals surface area contributed by atoms with Crippen LogP contribution in [0.25, 0.3) is 0 Å². The molecule has 0 radical (unpaired) electrons. The van der Waals surface area contributed by atoms with Crippen LogP contribution in [0.5, 0.6) is 0 Å². The van der Waals surface area contributed by atoms with Crippen molar-refractivity contribution in [1.29, 1.82) is 0 Å². The standard InChI is InChI=1S/C18H21NO3S2/c1-2-3-9-15(18(21)22)19-17(20)14-8-4-5-10-16(14)24-12-13-7-6-11-23-13/h4-8,10-11,15H,2-3,9,12H2,1H3,(H,19,20)(H,21,22). The summed E-state index contributed by atoms with van der Waals surface area (Å²) in [5.74, 6) is -0.520. The number of nitrogens with one attached hydrogen (secondary N) is 1. The topological polar surface area (TPSA) is 66.4 Å². The monoisotopic (exact) mass is 363 g/mol. The number of hydrogen-bond acceptors (Lipinski definition) is 4. The molecule has 0 saturated carbocycles. The van der Waals surface area contributed by atoms with Gasteiger partial charge in [0.2, 0.25) is 0 Å². The highest BCUT2D eigenvalue weighted by molar-refractivity contribution is 7.98. The van der Waals surface area contributed by atoms with Crippen molar-refractivity contribution in [2.45, 2.75) is 42.9 Å². The fourth-order valence-electron chi connectivity index (χ4n) is 2.23. The van der Waals surface area contributed by atoms with Crippen LogP contribution in [0.4, 0.5) is 0 Å². The van der Waals surface area contributed by atoms with Crippen molar-refractivity contribution in [3.8, 4) is 0 Å². The third-order valence-corrected chi connectivity index (χ3v) is 5.71. The third kappa shape index (κ3) is 5.39. The average molecular weight is 364 g/mol. The molecule has 1 amide bonds. The van der Waals surface area contributed by atoms with Crippen LogP contribution >= 0.6 is 23.1 Å². The normalized spacial score (nSPS) is 11.9. The van der Waals surface area contributed by atoms with Gasteiger partial charge in [-0.2, -0.15) is 0 Å². The van der Waals surface area contributed by atoms with Crippen LogP contribution in [0.15, 0.2) is 46.7 Å². The molecule has 2 N–H and O–H groups in total. The van der Waals surface area contributed by atoms with E-state index in [-0.39, 0.29) is 5.91 Å². The summed E-state index contributed by atoms with van der Waals surface area (Å²) in [6.45, 7) is 2.00. The van der Waals surface area contributed by atoms with E-state index in [2.05, 4.69) is 11.4 Å². The molecule has 6 heteroatoms. The van der Waals surface area contributed by atoms with Gasteiger partial charge < -0.3 is 10.4 Å². The van der Waals surface area contributed by atoms with Gasteiger partial charge in [0.15, 0.2) is 0 Å². The molecule has 0 bridgehead atoms. The summed E-state index contributed by atoms with van der Waals surface area (Å²) in [4.78, 5) is 25.9. The highest BCUT2D eigenvalue weighted by atomic mass is 32.2. The molecule has 0 saturated heterocycles. The molecule has 0 aliphatic heterocycles. The van der Waals surface area contributed by atoms with Gasteiger partial charge in [-0.3, -0.25) is 4.79 Å². The minimum atomic E-state index is -0.986. The maximum atomic E-state index is 12.5. The predicted octanol–water partition coefficient (Wildman–Crippen LogP) is 4.41. The van der Waals surface area contributed by atoms with Gasteiger partial charge in [-0.25, -0.2) is 4.79 Å². The van der Waals surface area contributed by atoms with Crippen molar-refractivity contribution in [3.63, 3.8) is 0 Å². The average Bonchev–Trinajstić information content (AvgIpc) is 3.10. The first-order valence-corrected chi connectivity index (χ1v) is 9.76. The van der Waals surface area contributed by atoms with Crippen molar-refractivity contribution in [3.05, 3.63) is 52.2 Å². The SMILES string of the molecule is CCCCC(NC(=O)c1ccccc1SCc1cccs1)C(=O)O. The number of unbranched alkanes of at least 4 members (excludes halogenated alkanes) is 1. The highest BCUT2D eigenvalue weighted by Gasteiger charge is 2.21. The van der Waals surface area contributed by atoms with Gasteiger partial charge >= 0.3 is 5.97 Å². The van der Waals surface area contributed by atoms with Crippen LogP contribution < -0.4 is 5.32 Å². The quantitative estimate of drug-likeness (QED) is 0.648. The van der Waals surface area contributed by atoms with Crippen molar-refractivity contribution >= 4 is 35.0 Å². The molecule has 0 aliphatic carbocycles. The third-order valence-electron chi connectivity index (χ3n) is 3.53. The number of thiophene rings is 1. The van der Waals surface area contributed by atoms with Gasteiger partial charge in [0.25, 0.3) is 5.91 Å². The van der Waals surface area contributed by atoms with E-state index in [1.807, 2.05) is 30.5 Å². The van der Waals surface area contributed by atoms with E-state index in [1.165, 1.54) is 4.88 Å². The number of carbonyl (C=O) groups is 2. The summed E-state index contributed by atoms with van der Waals surface area (Å²) in [7, 11) is 0. The van der Waals surface area contributed by atoms with E-state index in [0.29, 0.717) is 12.0 Å². The Balaban J connectivity index is 2.06. The first-order chi connectivity index (χ1) is 11.6. The van der Waals surface area contributed by atoms with Crippen LogP contribution in [0, 0.1) is 0 Å². The Morgan fingerprint density at radius 2 is 2.04 bits per heavy atom. The summed E-state index contributed by atoms with van der Waals surface area (Å²) in [6.07, 6.45) is 2.11. The largest absolute Gasteiger partial charge is 0.480 e. The zero-order chi connectivity index (χ0) is 17.4. The molecule has 0 fully saturated rings. The molecule has 0 aliphatic rings. The van der Waals surface area contributed by atoms with Gasteiger partial charge in [-0.15, -0.1) is 23.1 Å². The molecule has 2 aromatic rings. The van der Waals surface area contributed by atoms with Crippen LogP contribution in [0.2, 0.25) is 0 Å². The Morgan fingerprint density at radius 3 is 2.71 bits per heavy atom. The van der Waals surface area contributed by atoms with E-state index in [4.69, 9.17) is 0 Å². The highest BCUT2D eigenvalue weighted by Crippen LogP contribution is 2.28. The number of carboxylic acids is 1. The second kappa shape index (κ2) is 9.49. The lowest BCUT2D eigenvalue weighted by Crippen LogP contribution is -2.40. The Labute approximate surface area is 150 Å². The van der Waals surface area contributed by atoms with Crippen molar-refractivity contribution in [2.75, 3.05) is 0 Å². The van der Waals surface area contributed by atoms with Crippen LogP contribution in [0.3, 0.4) is 0 Å². The zero-order valence-corrected chi connectivity index (χ0v) is 15.2. The van der Waals surface area contributed by atoms with E-state index < -0.39 is 12.0 Å². The number of hydrogen-bond donors (Lipinski definition) is 2. The van der Waals surface area contributed by atoms with Crippen molar-refractivity contribution < 1.29 is 14.7 Å². The number of carboxylic acid groups (broad SMARTS) is 1. The van der Waals surface area contributed by atoms with E-state index in [9.17, 15) is 14.7 Å². The van der Waals surface area contributed by atoms with E-state index >= 15 is 0 Å². The molecule has 128 valence electrons. The van der Waals surface area contributed by atoms with E-state index in [1.54, 1.807) is 35.2 Å². The smallest absolute Gasteiger partial charge is 0.326 e. The lowest BCUT2D eigenvalue weighted by atomic mass is 10.1. The fourth-order valence-corrected chi connectivity index (χ4v) is 4.05. The fraction of sp³-hybridized carbons (Fsp3) is 0.333. The van der Waals surface area contributed by atoms with Crippen molar-refractivity contribution in [1.82, 2.24) is 5.32 Å². The molecule has 1 heterocycles. The van der Waals surface area contributed by atoms with Gasteiger partial charge in [-0.1, -0.05) is 38.0 Å². The number of thioether (sulfide) groups is 1. The zero-order valence-electron chi connectivity index (χ0n) is 13.5. The molecule has 1 atom stereocenters. The number of amides is 1. The minimum absolute atomic E-state index is 0.326. The molecular formula is C18H21NO3S2. The lowest BCUT2D eigenvalue weighted by Gasteiger charge is -2.15. The Bertz CT molecular complexity index is 671. The molecular weight excluding hydrogens is 342 g/mol. The second-order valence-electron chi connectivity index (χ2n) is 5.37. The van der Waals surface area contributed by atoms with Gasteiger partial charge in [0, 0.05) is 15.5 Å². The Hall–Kier alpha value is -1.79. The molecule has 4 nitrogen and oxygen atoms in total. The number of benzene rings is 1. The molecule has 2 rings (SSSR count). The molecule has 1 unspecified atom stereocenters.